The van der Waals surface area contributed by atoms with Gasteiger partial charge in [-0.3, -0.25) is 0 Å². The second-order valence-corrected chi connectivity index (χ2v) is 5.80. The number of nitrogens with two attached hydrogens (primary N) is 1. The van der Waals surface area contributed by atoms with Gasteiger partial charge in [-0.15, -0.1) is 0 Å². The molecule has 6 nitrogen and oxygen atoms in total. The summed E-state index contributed by atoms with van der Waals surface area (Å²) < 4.78 is 5.00. The van der Waals surface area contributed by atoms with Gasteiger partial charge < -0.3 is 20.7 Å². The fraction of sp³-hybridized carbons (Fsp3) is 0.500. The van der Waals surface area contributed by atoms with E-state index >= 15 is 0 Å². The molecule has 1 fully saturated rings. The Morgan fingerprint density at radius 1 is 1.43 bits per heavy atom. The maximum Gasteiger partial charge on any atom is 0.409 e. The molecule has 1 aromatic rings. The number of likely N-dealkylation sites (tertiary alicyclic amines) is 1. The fourth-order valence-electron chi connectivity index (χ4n) is 2.47. The Balaban J connectivity index is 1.78. The van der Waals surface area contributed by atoms with Crippen LogP contribution in [0, 0.1) is 0 Å². The molecule has 1 aliphatic heterocycles. The molecule has 0 aromatic heterocycles. The van der Waals surface area contributed by atoms with Gasteiger partial charge in [-0.25, -0.2) is 9.79 Å². The predicted octanol–water partition coefficient (Wildman–Crippen LogP) is 2.37. The number of nitrogens with one attached hydrogen (secondary N) is 1. The largest absolute Gasteiger partial charge is 0.450 e. The maximum atomic E-state index is 11.6. The molecule has 0 radical (unpaired) electrons. The first-order valence-corrected chi connectivity index (χ1v) is 8.19. The second kappa shape index (κ2) is 8.62. The number of hydrogen-bond acceptors (Lipinski definition) is 3. The molecule has 0 bridgehead atoms. The summed E-state index contributed by atoms with van der Waals surface area (Å²) in [6, 6.07) is 7.79. The van der Waals surface area contributed by atoms with Crippen LogP contribution in [0.2, 0.25) is 5.02 Å². The highest BCUT2D eigenvalue weighted by molar-refractivity contribution is 6.31. The van der Waals surface area contributed by atoms with Crippen LogP contribution in [0.1, 0.15) is 25.3 Å². The summed E-state index contributed by atoms with van der Waals surface area (Å²) in [7, 11) is 0. The first-order chi connectivity index (χ1) is 11.1. The van der Waals surface area contributed by atoms with Crippen molar-refractivity contribution in [3.05, 3.63) is 34.9 Å². The molecule has 0 unspecified atom stereocenters. The number of carbonyl (C=O) groups is 1. The first kappa shape index (κ1) is 17.4. The van der Waals surface area contributed by atoms with Crippen LogP contribution < -0.4 is 11.1 Å². The molecule has 0 atom stereocenters. The Kier molecular flexibility index (Phi) is 6.52. The number of piperidine rings is 1. The number of amides is 1. The molecule has 1 saturated heterocycles. The highest BCUT2D eigenvalue weighted by atomic mass is 35.5. The number of hydrogen-bond donors (Lipinski definition) is 2. The van der Waals surface area contributed by atoms with Crippen molar-refractivity contribution in [2.75, 3.05) is 19.7 Å². The third-order valence-electron chi connectivity index (χ3n) is 3.75. The number of rotatable bonds is 4. The van der Waals surface area contributed by atoms with Crippen molar-refractivity contribution in [2.45, 2.75) is 32.4 Å². The molecule has 23 heavy (non-hydrogen) atoms. The van der Waals surface area contributed by atoms with E-state index in [-0.39, 0.29) is 12.1 Å². The Hall–Kier alpha value is -1.95. The van der Waals surface area contributed by atoms with Crippen molar-refractivity contribution in [1.82, 2.24) is 10.2 Å². The predicted molar refractivity (Wildman–Crippen MR) is 91.5 cm³/mol. The summed E-state index contributed by atoms with van der Waals surface area (Å²) in [6.07, 6.45) is 1.40. The van der Waals surface area contributed by atoms with Gasteiger partial charge in [0.2, 0.25) is 0 Å². The van der Waals surface area contributed by atoms with Gasteiger partial charge >= 0.3 is 6.09 Å². The highest BCUT2D eigenvalue weighted by Gasteiger charge is 2.23. The van der Waals surface area contributed by atoms with Crippen molar-refractivity contribution in [2.24, 2.45) is 10.7 Å². The van der Waals surface area contributed by atoms with Gasteiger partial charge in [0.15, 0.2) is 5.96 Å². The van der Waals surface area contributed by atoms with Crippen molar-refractivity contribution < 1.29 is 9.53 Å². The van der Waals surface area contributed by atoms with Crippen LogP contribution in [0.4, 0.5) is 4.79 Å². The molecule has 2 rings (SSSR count). The lowest BCUT2D eigenvalue weighted by atomic mass is 10.1. The fourth-order valence-corrected chi connectivity index (χ4v) is 2.67. The quantitative estimate of drug-likeness (QED) is 0.652. The van der Waals surface area contributed by atoms with Gasteiger partial charge in [0, 0.05) is 24.2 Å². The Labute approximate surface area is 141 Å². The van der Waals surface area contributed by atoms with Gasteiger partial charge in [-0.2, -0.15) is 0 Å². The van der Waals surface area contributed by atoms with E-state index in [1.807, 2.05) is 31.2 Å². The number of aliphatic imine (C=N–C) groups is 1. The molecular formula is C16H23ClN4O2. The van der Waals surface area contributed by atoms with Crippen LogP contribution in [0.15, 0.2) is 29.3 Å². The van der Waals surface area contributed by atoms with Crippen LogP contribution in [0.3, 0.4) is 0 Å². The SMILES string of the molecule is CCOC(=O)N1CCC(NC(N)=NCc2ccccc2Cl)CC1. The van der Waals surface area contributed by atoms with Crippen LogP contribution >= 0.6 is 11.6 Å². The number of carbonyl (C=O) groups excluding carboxylic acids is 1. The molecule has 1 aliphatic rings. The number of benzene rings is 1. The minimum atomic E-state index is -0.244. The van der Waals surface area contributed by atoms with Gasteiger partial charge in [0.1, 0.15) is 0 Å². The van der Waals surface area contributed by atoms with E-state index in [4.69, 9.17) is 22.1 Å². The molecule has 0 spiro atoms. The minimum Gasteiger partial charge on any atom is -0.450 e. The lowest BCUT2D eigenvalue weighted by Crippen LogP contribution is -2.48. The summed E-state index contributed by atoms with van der Waals surface area (Å²) >= 11 is 6.09. The number of halogens is 1. The van der Waals surface area contributed by atoms with E-state index in [0.717, 1.165) is 18.4 Å². The first-order valence-electron chi connectivity index (χ1n) is 7.81. The van der Waals surface area contributed by atoms with Crippen molar-refractivity contribution in [1.29, 1.82) is 0 Å². The van der Waals surface area contributed by atoms with E-state index in [0.29, 0.717) is 37.2 Å². The molecular weight excluding hydrogens is 316 g/mol. The number of ether oxygens (including phenoxy) is 1. The Morgan fingerprint density at radius 2 is 2.13 bits per heavy atom. The van der Waals surface area contributed by atoms with E-state index in [1.54, 1.807) is 4.90 Å². The molecule has 0 saturated carbocycles. The molecule has 0 aliphatic carbocycles. The highest BCUT2D eigenvalue weighted by Crippen LogP contribution is 2.15. The average Bonchev–Trinajstić information content (AvgIpc) is 2.55. The van der Waals surface area contributed by atoms with Crippen LogP contribution in [0.5, 0.6) is 0 Å². The zero-order valence-electron chi connectivity index (χ0n) is 13.3. The van der Waals surface area contributed by atoms with Crippen LogP contribution in [-0.4, -0.2) is 42.7 Å². The summed E-state index contributed by atoms with van der Waals surface area (Å²) in [5, 5.41) is 3.89. The van der Waals surface area contributed by atoms with Crippen molar-refractivity contribution in [3.63, 3.8) is 0 Å². The van der Waals surface area contributed by atoms with Crippen molar-refractivity contribution in [3.8, 4) is 0 Å². The standard InChI is InChI=1S/C16H23ClN4O2/c1-2-23-16(22)21-9-7-13(8-10-21)20-15(18)19-11-12-5-3-4-6-14(12)17/h3-6,13H,2,7-11H2,1H3,(H3,18,19,20). The molecule has 1 aromatic carbocycles. The number of nitrogens with zero attached hydrogens (tertiary/aromatic N) is 2. The summed E-state index contributed by atoms with van der Waals surface area (Å²) in [5.41, 5.74) is 6.88. The third kappa shape index (κ3) is 5.32. The molecule has 1 amide bonds. The monoisotopic (exact) mass is 338 g/mol. The summed E-state index contributed by atoms with van der Waals surface area (Å²) in [4.78, 5) is 17.7. The summed E-state index contributed by atoms with van der Waals surface area (Å²) in [5.74, 6) is 0.402. The zero-order valence-corrected chi connectivity index (χ0v) is 14.1. The molecule has 1 heterocycles. The van der Waals surface area contributed by atoms with Crippen LogP contribution in [0.25, 0.3) is 0 Å². The Morgan fingerprint density at radius 3 is 2.78 bits per heavy atom. The van der Waals surface area contributed by atoms with Crippen molar-refractivity contribution >= 4 is 23.7 Å². The maximum absolute atomic E-state index is 11.6. The van der Waals surface area contributed by atoms with E-state index in [9.17, 15) is 4.79 Å². The summed E-state index contributed by atoms with van der Waals surface area (Å²) in [6.45, 7) is 3.98. The topological polar surface area (TPSA) is 80.0 Å². The Bertz CT molecular complexity index is 557. The van der Waals surface area contributed by atoms with Gasteiger partial charge in [0.05, 0.1) is 13.2 Å². The molecule has 3 N–H and O–H groups in total. The zero-order chi connectivity index (χ0) is 16.7. The van der Waals surface area contributed by atoms with Gasteiger partial charge in [-0.1, -0.05) is 29.8 Å². The van der Waals surface area contributed by atoms with Gasteiger partial charge in [-0.05, 0) is 31.4 Å². The molecule has 126 valence electrons. The number of guanidine groups is 1. The van der Waals surface area contributed by atoms with E-state index < -0.39 is 0 Å². The second-order valence-electron chi connectivity index (χ2n) is 5.40. The van der Waals surface area contributed by atoms with Gasteiger partial charge in [0.25, 0.3) is 0 Å². The lowest BCUT2D eigenvalue weighted by molar-refractivity contribution is 0.0963. The van der Waals surface area contributed by atoms with Crippen LogP contribution in [-0.2, 0) is 11.3 Å². The van der Waals surface area contributed by atoms with E-state index in [2.05, 4.69) is 10.3 Å². The smallest absolute Gasteiger partial charge is 0.409 e. The molecule has 7 heteroatoms. The average molecular weight is 339 g/mol. The minimum absolute atomic E-state index is 0.218. The van der Waals surface area contributed by atoms with E-state index in [1.165, 1.54) is 0 Å². The third-order valence-corrected chi connectivity index (χ3v) is 4.12. The lowest BCUT2D eigenvalue weighted by Gasteiger charge is -2.31. The normalized spacial score (nSPS) is 16.3.